The van der Waals surface area contributed by atoms with Crippen molar-refractivity contribution in [3.63, 3.8) is 0 Å². The third-order valence-corrected chi connectivity index (χ3v) is 8.09. The number of ketones is 1. The lowest BCUT2D eigenvalue weighted by atomic mass is 9.91. The Bertz CT molecular complexity index is 1620. The molecular weight excluding hydrogens is 598 g/mol. The van der Waals surface area contributed by atoms with Gasteiger partial charge in [0.25, 0.3) is 0 Å². The van der Waals surface area contributed by atoms with Gasteiger partial charge in [0.2, 0.25) is 11.7 Å². The summed E-state index contributed by atoms with van der Waals surface area (Å²) in [4.78, 5) is 42.7. The molecule has 1 saturated heterocycles. The van der Waals surface area contributed by atoms with E-state index in [0.29, 0.717) is 44.8 Å². The van der Waals surface area contributed by atoms with Gasteiger partial charge in [-0.1, -0.05) is 90.5 Å². The second-order valence-electron chi connectivity index (χ2n) is 11.6. The summed E-state index contributed by atoms with van der Waals surface area (Å²) in [5.74, 6) is -1.61. The Labute approximate surface area is 275 Å². The number of imide groups is 1. The lowest BCUT2D eigenvalue weighted by Gasteiger charge is -2.24. The number of aliphatic hydroxyl groups is 1. The molecule has 0 radical (unpaired) electrons. The van der Waals surface area contributed by atoms with Crippen molar-refractivity contribution in [1.29, 1.82) is 0 Å². The zero-order valence-electron chi connectivity index (χ0n) is 26.6. The van der Waals surface area contributed by atoms with Crippen LogP contribution in [0.5, 0.6) is 0 Å². The molecule has 1 N–H and O–H groups in total. The number of benzene rings is 3. The van der Waals surface area contributed by atoms with Crippen LogP contribution in [0.4, 0.5) is 4.79 Å². The standard InChI is InChI=1S/C38H41NO8/c1-27-10-8-15-30(22-27)32-25-35(47-34(32)16-9-18-44-20-21-45-19-17-40)36(41)33(24-29-13-6-3-7-14-29)37(42)39-31(26-46-38(39)43)23-28-11-4-2-5-12-28/h2-8,10-15,22,25,31,33,40H,9,16-21,23-24,26H2,1H3/t31-,33+/m1/s1. The number of rotatable bonds is 17. The molecule has 2 atom stereocenters. The average Bonchev–Trinajstić information content (AvgIpc) is 3.68. The smallest absolute Gasteiger partial charge is 0.417 e. The Morgan fingerprint density at radius 2 is 1.60 bits per heavy atom. The van der Waals surface area contributed by atoms with Gasteiger partial charge in [0, 0.05) is 18.6 Å². The van der Waals surface area contributed by atoms with Gasteiger partial charge in [-0.2, -0.15) is 0 Å². The number of hydrogen-bond acceptors (Lipinski definition) is 8. The molecule has 3 aromatic carbocycles. The van der Waals surface area contributed by atoms with E-state index in [1.165, 1.54) is 0 Å². The third kappa shape index (κ3) is 9.04. The zero-order chi connectivity index (χ0) is 33.0. The molecule has 9 nitrogen and oxygen atoms in total. The van der Waals surface area contributed by atoms with Crippen LogP contribution in [-0.2, 0) is 38.3 Å². The van der Waals surface area contributed by atoms with Crippen molar-refractivity contribution < 1.29 is 38.1 Å². The number of aliphatic hydroxyl groups excluding tert-OH is 1. The quantitative estimate of drug-likeness (QED) is 0.0870. The minimum atomic E-state index is -1.20. The summed E-state index contributed by atoms with van der Waals surface area (Å²) in [5.41, 5.74) is 4.48. The minimum absolute atomic E-state index is 0.0323. The first-order chi connectivity index (χ1) is 22.9. The van der Waals surface area contributed by atoms with Crippen molar-refractivity contribution in [1.82, 2.24) is 4.90 Å². The van der Waals surface area contributed by atoms with Crippen molar-refractivity contribution in [2.45, 2.75) is 38.6 Å². The molecule has 0 unspecified atom stereocenters. The average molecular weight is 640 g/mol. The SMILES string of the molecule is Cc1cccc(-c2cc(C(=O)[C@H](Cc3ccccc3)C(=O)N3C(=O)OC[C@H]3Cc3ccccc3)oc2CCCOCCOCCO)c1. The lowest BCUT2D eigenvalue weighted by molar-refractivity contribution is -0.131. The predicted molar refractivity (Wildman–Crippen MR) is 176 cm³/mol. The maximum absolute atomic E-state index is 14.3. The maximum Gasteiger partial charge on any atom is 0.417 e. The van der Waals surface area contributed by atoms with Crippen molar-refractivity contribution in [2.24, 2.45) is 5.92 Å². The summed E-state index contributed by atoms with van der Waals surface area (Å²) >= 11 is 0. The first-order valence-corrected chi connectivity index (χ1v) is 16.0. The van der Waals surface area contributed by atoms with Crippen LogP contribution < -0.4 is 0 Å². The van der Waals surface area contributed by atoms with Gasteiger partial charge in [0.1, 0.15) is 18.3 Å². The molecule has 0 aliphatic carbocycles. The highest BCUT2D eigenvalue weighted by Gasteiger charge is 2.44. The van der Waals surface area contributed by atoms with E-state index < -0.39 is 29.7 Å². The summed E-state index contributed by atoms with van der Waals surface area (Å²) in [6.45, 7) is 3.54. The Morgan fingerprint density at radius 1 is 0.894 bits per heavy atom. The molecule has 246 valence electrons. The van der Waals surface area contributed by atoms with Gasteiger partial charge >= 0.3 is 6.09 Å². The first kappa shape index (κ1) is 33.8. The van der Waals surface area contributed by atoms with E-state index in [1.54, 1.807) is 6.07 Å². The molecule has 9 heteroatoms. The molecule has 47 heavy (non-hydrogen) atoms. The highest BCUT2D eigenvalue weighted by Crippen LogP contribution is 2.32. The Kier molecular flexibility index (Phi) is 12.1. The van der Waals surface area contributed by atoms with Crippen LogP contribution in [-0.4, -0.2) is 73.5 Å². The largest absolute Gasteiger partial charge is 0.457 e. The van der Waals surface area contributed by atoms with Gasteiger partial charge in [0.05, 0.1) is 32.5 Å². The molecular formula is C38H41NO8. The fraction of sp³-hybridized carbons (Fsp3) is 0.342. The molecule has 1 aliphatic rings. The van der Waals surface area contributed by atoms with Crippen LogP contribution in [0, 0.1) is 12.8 Å². The second kappa shape index (κ2) is 16.8. The van der Waals surface area contributed by atoms with E-state index in [-0.39, 0.29) is 32.0 Å². The van der Waals surface area contributed by atoms with Crippen LogP contribution in [0.3, 0.4) is 0 Å². The number of nitrogens with zero attached hydrogens (tertiary/aromatic N) is 1. The fourth-order valence-electron chi connectivity index (χ4n) is 5.76. The number of Topliss-reactive ketones (excluding diaryl/α,β-unsaturated/α-hetero) is 1. The molecule has 5 rings (SSSR count). The summed E-state index contributed by atoms with van der Waals surface area (Å²) in [5, 5.41) is 8.84. The molecule has 2 heterocycles. The molecule has 1 fully saturated rings. The number of hydrogen-bond donors (Lipinski definition) is 1. The topological polar surface area (TPSA) is 116 Å². The van der Waals surface area contributed by atoms with E-state index in [1.807, 2.05) is 91.9 Å². The molecule has 2 amide bonds. The van der Waals surface area contributed by atoms with E-state index in [9.17, 15) is 14.4 Å². The van der Waals surface area contributed by atoms with Gasteiger partial charge < -0.3 is 23.7 Å². The van der Waals surface area contributed by atoms with E-state index >= 15 is 0 Å². The number of aryl methyl sites for hydroxylation is 2. The molecule has 0 spiro atoms. The Balaban J connectivity index is 1.41. The lowest BCUT2D eigenvalue weighted by Crippen LogP contribution is -2.46. The molecule has 0 bridgehead atoms. The van der Waals surface area contributed by atoms with Crippen LogP contribution in [0.1, 0.15) is 39.4 Å². The first-order valence-electron chi connectivity index (χ1n) is 16.0. The van der Waals surface area contributed by atoms with E-state index in [0.717, 1.165) is 32.7 Å². The minimum Gasteiger partial charge on any atom is -0.457 e. The van der Waals surface area contributed by atoms with Gasteiger partial charge in [-0.05, 0) is 48.9 Å². The summed E-state index contributed by atoms with van der Waals surface area (Å²) in [6, 6.07) is 28.0. The second-order valence-corrected chi connectivity index (χ2v) is 11.6. The highest BCUT2D eigenvalue weighted by atomic mass is 16.6. The maximum atomic E-state index is 14.3. The Hall–Kier alpha value is -4.57. The van der Waals surface area contributed by atoms with Crippen molar-refractivity contribution >= 4 is 17.8 Å². The van der Waals surface area contributed by atoms with Gasteiger partial charge in [-0.25, -0.2) is 9.69 Å². The number of ether oxygens (including phenoxy) is 3. The number of carbonyl (C=O) groups is 3. The summed E-state index contributed by atoms with van der Waals surface area (Å²) < 4.78 is 22.5. The fourth-order valence-corrected chi connectivity index (χ4v) is 5.76. The zero-order valence-corrected chi connectivity index (χ0v) is 26.6. The molecule has 1 aromatic heterocycles. The van der Waals surface area contributed by atoms with Gasteiger partial charge in [-0.15, -0.1) is 0 Å². The number of cyclic esters (lactones) is 1. The molecule has 4 aromatic rings. The third-order valence-electron chi connectivity index (χ3n) is 8.09. The van der Waals surface area contributed by atoms with Crippen LogP contribution in [0.2, 0.25) is 0 Å². The van der Waals surface area contributed by atoms with Crippen LogP contribution >= 0.6 is 0 Å². The normalized spacial score (nSPS) is 15.1. The van der Waals surface area contributed by atoms with Crippen molar-refractivity contribution in [3.05, 3.63) is 119 Å². The van der Waals surface area contributed by atoms with Gasteiger partial charge in [-0.3, -0.25) is 9.59 Å². The van der Waals surface area contributed by atoms with Crippen LogP contribution in [0.15, 0.2) is 95.4 Å². The van der Waals surface area contributed by atoms with Gasteiger partial charge in [0.15, 0.2) is 5.76 Å². The summed E-state index contributed by atoms with van der Waals surface area (Å²) in [7, 11) is 0. The number of carbonyl (C=O) groups excluding carboxylic acids is 3. The predicted octanol–water partition coefficient (Wildman–Crippen LogP) is 5.84. The number of furan rings is 1. The molecule has 1 aliphatic heterocycles. The highest BCUT2D eigenvalue weighted by molar-refractivity contribution is 6.12. The van der Waals surface area contributed by atoms with Crippen molar-refractivity contribution in [2.75, 3.05) is 39.6 Å². The molecule has 0 saturated carbocycles. The van der Waals surface area contributed by atoms with Crippen LogP contribution in [0.25, 0.3) is 11.1 Å². The van der Waals surface area contributed by atoms with Crippen molar-refractivity contribution in [3.8, 4) is 11.1 Å². The summed E-state index contributed by atoms with van der Waals surface area (Å²) in [6.07, 6.45) is 0.908. The van der Waals surface area contributed by atoms with E-state index in [4.69, 9.17) is 23.7 Å². The van der Waals surface area contributed by atoms with E-state index in [2.05, 4.69) is 0 Å². The monoisotopic (exact) mass is 639 g/mol. The Morgan fingerprint density at radius 3 is 2.30 bits per heavy atom. The number of amides is 2.